The summed E-state index contributed by atoms with van der Waals surface area (Å²) in [5.74, 6) is -0.798. The third kappa shape index (κ3) is 2.89. The zero-order valence-electron chi connectivity index (χ0n) is 14.7. The molecule has 2 aliphatic rings. The molecule has 0 spiro atoms. The van der Waals surface area contributed by atoms with E-state index in [2.05, 4.69) is 4.98 Å². The van der Waals surface area contributed by atoms with Crippen molar-refractivity contribution in [1.82, 2.24) is 14.3 Å². The lowest BCUT2D eigenvalue weighted by molar-refractivity contribution is 0.524. The third-order valence-corrected chi connectivity index (χ3v) is 5.34. The summed E-state index contributed by atoms with van der Waals surface area (Å²) >= 11 is 0. The van der Waals surface area contributed by atoms with Crippen molar-refractivity contribution in [2.24, 2.45) is 0 Å². The fourth-order valence-electron chi connectivity index (χ4n) is 3.82. The third-order valence-electron chi connectivity index (χ3n) is 5.34. The summed E-state index contributed by atoms with van der Waals surface area (Å²) in [5, 5.41) is 0. The summed E-state index contributed by atoms with van der Waals surface area (Å²) in [7, 11) is 0. The van der Waals surface area contributed by atoms with Crippen molar-refractivity contribution in [3.8, 4) is 5.69 Å². The van der Waals surface area contributed by atoms with Crippen molar-refractivity contribution in [1.29, 1.82) is 0 Å². The van der Waals surface area contributed by atoms with E-state index in [0.717, 1.165) is 48.7 Å². The highest BCUT2D eigenvalue weighted by molar-refractivity contribution is 5.40. The van der Waals surface area contributed by atoms with E-state index in [0.29, 0.717) is 12.5 Å². The van der Waals surface area contributed by atoms with E-state index >= 15 is 0 Å². The Labute approximate surface area is 155 Å². The summed E-state index contributed by atoms with van der Waals surface area (Å²) in [6.07, 6.45) is 5.77. The van der Waals surface area contributed by atoms with E-state index in [9.17, 15) is 13.6 Å². The molecular formula is C21H19F2N3O. The Morgan fingerprint density at radius 1 is 1.04 bits per heavy atom. The number of aromatic nitrogens is 3. The zero-order chi connectivity index (χ0) is 18.5. The van der Waals surface area contributed by atoms with E-state index in [1.54, 1.807) is 6.20 Å². The van der Waals surface area contributed by atoms with E-state index in [4.69, 9.17) is 0 Å². The van der Waals surface area contributed by atoms with Crippen LogP contribution >= 0.6 is 0 Å². The van der Waals surface area contributed by atoms with Gasteiger partial charge in [-0.15, -0.1) is 0 Å². The van der Waals surface area contributed by atoms with Gasteiger partial charge in [0.15, 0.2) is 5.82 Å². The van der Waals surface area contributed by atoms with Crippen LogP contribution in [0.2, 0.25) is 0 Å². The molecule has 27 heavy (non-hydrogen) atoms. The maximum absolute atomic E-state index is 14.6. The molecule has 2 heterocycles. The molecule has 0 aliphatic heterocycles. The normalized spacial score (nSPS) is 16.7. The predicted octanol–water partition coefficient (Wildman–Crippen LogP) is 4.12. The Morgan fingerprint density at radius 2 is 1.81 bits per heavy atom. The van der Waals surface area contributed by atoms with E-state index in [-0.39, 0.29) is 17.2 Å². The molecule has 5 rings (SSSR count). The van der Waals surface area contributed by atoms with Crippen LogP contribution in [-0.2, 0) is 6.54 Å². The van der Waals surface area contributed by atoms with Gasteiger partial charge in [0.05, 0.1) is 12.2 Å². The highest BCUT2D eigenvalue weighted by atomic mass is 19.1. The largest absolute Gasteiger partial charge is 0.275 e. The monoisotopic (exact) mass is 367 g/mol. The first-order valence-electron chi connectivity index (χ1n) is 9.34. The van der Waals surface area contributed by atoms with E-state index in [1.807, 2.05) is 22.9 Å². The number of halogens is 2. The van der Waals surface area contributed by atoms with Gasteiger partial charge < -0.3 is 0 Å². The Balaban J connectivity index is 1.75. The van der Waals surface area contributed by atoms with E-state index < -0.39 is 11.6 Å². The van der Waals surface area contributed by atoms with Crippen LogP contribution in [0.25, 0.3) is 5.69 Å². The molecule has 0 bridgehead atoms. The number of nitrogens with zero attached hydrogens (tertiary/aromatic N) is 3. The number of hydrogen-bond acceptors (Lipinski definition) is 2. The maximum atomic E-state index is 14.6. The van der Waals surface area contributed by atoms with Crippen molar-refractivity contribution in [3.05, 3.63) is 81.5 Å². The minimum absolute atomic E-state index is 0.0890. The van der Waals surface area contributed by atoms with Crippen LogP contribution in [0.15, 0.2) is 47.4 Å². The van der Waals surface area contributed by atoms with Gasteiger partial charge in [-0.25, -0.2) is 13.5 Å². The van der Waals surface area contributed by atoms with Gasteiger partial charge in [0.25, 0.3) is 5.56 Å². The maximum Gasteiger partial charge on any atom is 0.275 e. The van der Waals surface area contributed by atoms with Gasteiger partial charge in [-0.2, -0.15) is 0 Å². The molecule has 138 valence electrons. The minimum Gasteiger partial charge on any atom is -0.275 e. The molecule has 2 fully saturated rings. The lowest BCUT2D eigenvalue weighted by Gasteiger charge is -2.15. The average Bonchev–Trinajstić information content (AvgIpc) is 3.56. The smallest absolute Gasteiger partial charge is 0.275 e. The molecule has 3 aromatic rings. The molecule has 2 aliphatic carbocycles. The van der Waals surface area contributed by atoms with E-state index in [1.165, 1.54) is 16.8 Å². The molecule has 0 atom stereocenters. The van der Waals surface area contributed by atoms with Gasteiger partial charge in [0.1, 0.15) is 11.5 Å². The quantitative estimate of drug-likeness (QED) is 0.681. The van der Waals surface area contributed by atoms with Crippen LogP contribution in [0, 0.1) is 11.6 Å². The lowest BCUT2D eigenvalue weighted by atomic mass is 10.1. The molecule has 1 aromatic carbocycles. The molecule has 2 saturated carbocycles. The number of rotatable bonds is 5. The van der Waals surface area contributed by atoms with Crippen molar-refractivity contribution in [2.45, 2.75) is 44.1 Å². The number of pyridine rings is 1. The summed E-state index contributed by atoms with van der Waals surface area (Å²) in [6, 6.07) is 8.98. The Kier molecular flexibility index (Phi) is 3.74. The Morgan fingerprint density at radius 3 is 2.44 bits per heavy atom. The molecule has 2 aromatic heterocycles. The van der Waals surface area contributed by atoms with Crippen molar-refractivity contribution in [3.63, 3.8) is 0 Å². The highest BCUT2D eigenvalue weighted by Gasteiger charge is 2.40. The zero-order valence-corrected chi connectivity index (χ0v) is 14.7. The second kappa shape index (κ2) is 6.15. The van der Waals surface area contributed by atoms with Crippen molar-refractivity contribution < 1.29 is 8.78 Å². The lowest BCUT2D eigenvalue weighted by Crippen LogP contribution is -2.24. The fourth-order valence-corrected chi connectivity index (χ4v) is 3.82. The summed E-state index contributed by atoms with van der Waals surface area (Å²) in [5.41, 5.74) is 2.54. The van der Waals surface area contributed by atoms with Gasteiger partial charge >= 0.3 is 0 Å². The van der Waals surface area contributed by atoms with Crippen molar-refractivity contribution >= 4 is 0 Å². The fraction of sp³-hybridized carbons (Fsp3) is 0.333. The summed E-state index contributed by atoms with van der Waals surface area (Å²) in [4.78, 5) is 17.7. The molecule has 6 heteroatoms. The van der Waals surface area contributed by atoms with Gasteiger partial charge in [0, 0.05) is 29.4 Å². The van der Waals surface area contributed by atoms with Crippen LogP contribution in [0.3, 0.4) is 0 Å². The van der Waals surface area contributed by atoms with Gasteiger partial charge in [-0.3, -0.25) is 14.5 Å². The molecule has 4 nitrogen and oxygen atoms in total. The van der Waals surface area contributed by atoms with Crippen LogP contribution in [0.5, 0.6) is 0 Å². The second-order valence-corrected chi connectivity index (χ2v) is 7.44. The standard InChI is InChI=1S/C21H19F2N3O/c22-15-8-9-18(17(23)11-15)26-21(27)19(13-4-5-13)20(14-6-7-14)25(26)12-16-3-1-2-10-24-16/h1-3,8-11,13-14H,4-7,12H2. The van der Waals surface area contributed by atoms with Crippen LogP contribution in [0.4, 0.5) is 8.78 Å². The molecule has 0 N–H and O–H groups in total. The Bertz CT molecular complexity index is 1060. The SMILES string of the molecule is O=c1c(C2CC2)c(C2CC2)n(Cc2ccccn2)n1-c1ccc(F)cc1F. The topological polar surface area (TPSA) is 39.8 Å². The summed E-state index contributed by atoms with van der Waals surface area (Å²) < 4.78 is 31.3. The van der Waals surface area contributed by atoms with Gasteiger partial charge in [-0.05, 0) is 55.9 Å². The molecule has 0 amide bonds. The van der Waals surface area contributed by atoms with Gasteiger partial charge in [-0.1, -0.05) is 6.07 Å². The predicted molar refractivity (Wildman–Crippen MR) is 97.2 cm³/mol. The first kappa shape index (κ1) is 16.4. The van der Waals surface area contributed by atoms with Crippen LogP contribution < -0.4 is 5.56 Å². The second-order valence-electron chi connectivity index (χ2n) is 7.44. The minimum atomic E-state index is -0.735. The van der Waals surface area contributed by atoms with Gasteiger partial charge in [0.2, 0.25) is 0 Å². The molecule has 0 radical (unpaired) electrons. The van der Waals surface area contributed by atoms with Crippen LogP contribution in [-0.4, -0.2) is 14.3 Å². The number of benzene rings is 1. The van der Waals surface area contributed by atoms with Crippen LogP contribution in [0.1, 0.15) is 54.5 Å². The number of hydrogen-bond donors (Lipinski definition) is 0. The first-order chi connectivity index (χ1) is 13.1. The highest BCUT2D eigenvalue weighted by Crippen LogP contribution is 2.48. The summed E-state index contributed by atoms with van der Waals surface area (Å²) in [6.45, 7) is 0.380. The molecular weight excluding hydrogens is 348 g/mol. The van der Waals surface area contributed by atoms with Crippen molar-refractivity contribution in [2.75, 3.05) is 0 Å². The average molecular weight is 367 g/mol. The molecule has 0 saturated heterocycles. The Hall–Kier alpha value is -2.76. The first-order valence-corrected chi connectivity index (χ1v) is 9.34. The molecule has 0 unspecified atom stereocenters.